The second-order valence-electron chi connectivity index (χ2n) is 7.48. The molecule has 1 aromatic heterocycles. The first-order valence-electron chi connectivity index (χ1n) is 9.67. The molecule has 2 heterocycles. The van der Waals surface area contributed by atoms with Gasteiger partial charge in [-0.1, -0.05) is 11.2 Å². The van der Waals surface area contributed by atoms with E-state index in [9.17, 15) is 0 Å². The van der Waals surface area contributed by atoms with Crippen LogP contribution in [-0.2, 0) is 13.2 Å². The van der Waals surface area contributed by atoms with Crippen molar-refractivity contribution in [2.24, 2.45) is 5.92 Å². The predicted octanol–water partition coefficient (Wildman–Crippen LogP) is 3.31. The van der Waals surface area contributed by atoms with E-state index >= 15 is 0 Å². The lowest BCUT2D eigenvalue weighted by Gasteiger charge is -2.29. The summed E-state index contributed by atoms with van der Waals surface area (Å²) in [5.41, 5.74) is 3.04. The van der Waals surface area contributed by atoms with Gasteiger partial charge in [-0.05, 0) is 70.4 Å². The molecule has 6 heteroatoms. The molecule has 3 rings (SSSR count). The van der Waals surface area contributed by atoms with Crippen molar-refractivity contribution in [3.05, 3.63) is 40.8 Å². The average molecular weight is 373 g/mol. The SMILES string of the molecule is COc1cc(CNCC2CCCN(C)C2)ccc1OCc1c(C)noc1C. The minimum Gasteiger partial charge on any atom is -0.493 e. The van der Waals surface area contributed by atoms with Gasteiger partial charge in [0, 0.05) is 13.1 Å². The lowest BCUT2D eigenvalue weighted by atomic mass is 9.98. The normalized spacial score (nSPS) is 17.9. The number of benzene rings is 1. The van der Waals surface area contributed by atoms with E-state index in [4.69, 9.17) is 14.0 Å². The summed E-state index contributed by atoms with van der Waals surface area (Å²) in [6, 6.07) is 6.11. The molecule has 1 N–H and O–H groups in total. The summed E-state index contributed by atoms with van der Waals surface area (Å²) in [7, 11) is 3.88. The number of nitrogens with zero attached hydrogens (tertiary/aromatic N) is 2. The van der Waals surface area contributed by atoms with Gasteiger partial charge in [-0.25, -0.2) is 0 Å². The Morgan fingerprint density at radius 2 is 2.15 bits per heavy atom. The molecule has 0 aliphatic carbocycles. The van der Waals surface area contributed by atoms with Crippen LogP contribution in [0.4, 0.5) is 0 Å². The van der Waals surface area contributed by atoms with Crippen molar-refractivity contribution in [2.75, 3.05) is 33.8 Å². The molecule has 1 aliphatic heterocycles. The maximum atomic E-state index is 5.95. The molecule has 1 aliphatic rings. The number of piperidine rings is 1. The molecule has 0 spiro atoms. The van der Waals surface area contributed by atoms with E-state index in [1.54, 1.807) is 7.11 Å². The Labute approximate surface area is 161 Å². The molecule has 6 nitrogen and oxygen atoms in total. The highest BCUT2D eigenvalue weighted by Crippen LogP contribution is 2.29. The summed E-state index contributed by atoms with van der Waals surface area (Å²) in [6.45, 7) is 8.54. The van der Waals surface area contributed by atoms with Crippen LogP contribution < -0.4 is 14.8 Å². The van der Waals surface area contributed by atoms with Gasteiger partial charge in [0.25, 0.3) is 0 Å². The Balaban J connectivity index is 1.54. The van der Waals surface area contributed by atoms with Crippen LogP contribution in [0, 0.1) is 19.8 Å². The fourth-order valence-electron chi connectivity index (χ4n) is 3.66. The van der Waals surface area contributed by atoms with Crippen molar-refractivity contribution in [3.63, 3.8) is 0 Å². The zero-order valence-corrected chi connectivity index (χ0v) is 16.9. The Morgan fingerprint density at radius 3 is 2.85 bits per heavy atom. The molecular weight excluding hydrogens is 342 g/mol. The van der Waals surface area contributed by atoms with Crippen LogP contribution in [0.5, 0.6) is 11.5 Å². The van der Waals surface area contributed by atoms with Gasteiger partial charge in [-0.2, -0.15) is 0 Å². The lowest BCUT2D eigenvalue weighted by molar-refractivity contribution is 0.206. The van der Waals surface area contributed by atoms with Crippen molar-refractivity contribution in [2.45, 2.75) is 39.8 Å². The smallest absolute Gasteiger partial charge is 0.161 e. The first kappa shape index (κ1) is 19.7. The number of ether oxygens (including phenoxy) is 2. The number of rotatable bonds is 8. The second-order valence-corrected chi connectivity index (χ2v) is 7.48. The quantitative estimate of drug-likeness (QED) is 0.766. The third-order valence-electron chi connectivity index (χ3n) is 5.27. The standard InChI is InChI=1S/C21H31N3O3/c1-15-19(16(2)27-23-15)14-26-20-8-7-17(10-21(20)25-4)11-22-12-18-6-5-9-24(3)13-18/h7-8,10,18,22H,5-6,9,11-14H2,1-4H3. The number of methoxy groups -OCH3 is 1. The number of nitrogens with one attached hydrogen (secondary N) is 1. The van der Waals surface area contributed by atoms with Gasteiger partial charge in [-0.15, -0.1) is 0 Å². The van der Waals surface area contributed by atoms with Crippen LogP contribution in [-0.4, -0.2) is 43.8 Å². The topological polar surface area (TPSA) is 59.8 Å². The number of aryl methyl sites for hydroxylation is 2. The van der Waals surface area contributed by atoms with E-state index < -0.39 is 0 Å². The second kappa shape index (κ2) is 9.24. The monoisotopic (exact) mass is 373 g/mol. The van der Waals surface area contributed by atoms with E-state index in [1.807, 2.05) is 26.0 Å². The van der Waals surface area contributed by atoms with Gasteiger partial charge < -0.3 is 24.2 Å². The highest BCUT2D eigenvalue weighted by Gasteiger charge is 2.17. The number of hydrogen-bond donors (Lipinski definition) is 1. The fraction of sp³-hybridized carbons (Fsp3) is 0.571. The lowest BCUT2D eigenvalue weighted by Crippen LogP contribution is -2.37. The molecule has 148 valence electrons. The Kier molecular flexibility index (Phi) is 6.74. The van der Waals surface area contributed by atoms with Crippen molar-refractivity contribution in [3.8, 4) is 11.5 Å². The maximum Gasteiger partial charge on any atom is 0.161 e. The van der Waals surface area contributed by atoms with Crippen LogP contribution in [0.3, 0.4) is 0 Å². The van der Waals surface area contributed by atoms with Gasteiger partial charge in [0.15, 0.2) is 11.5 Å². The van der Waals surface area contributed by atoms with E-state index in [1.165, 1.54) is 31.5 Å². The van der Waals surface area contributed by atoms with Crippen LogP contribution in [0.15, 0.2) is 22.7 Å². The third-order valence-corrected chi connectivity index (χ3v) is 5.27. The van der Waals surface area contributed by atoms with Gasteiger partial charge >= 0.3 is 0 Å². The summed E-state index contributed by atoms with van der Waals surface area (Å²) in [5, 5.41) is 7.55. The Hall–Kier alpha value is -2.05. The first-order chi connectivity index (χ1) is 13.1. The molecule has 0 saturated carbocycles. The van der Waals surface area contributed by atoms with Gasteiger partial charge in [-0.3, -0.25) is 0 Å². The molecule has 1 aromatic carbocycles. The van der Waals surface area contributed by atoms with E-state index in [0.717, 1.165) is 47.5 Å². The minimum absolute atomic E-state index is 0.421. The van der Waals surface area contributed by atoms with E-state index in [0.29, 0.717) is 6.61 Å². The van der Waals surface area contributed by atoms with Crippen molar-refractivity contribution in [1.82, 2.24) is 15.4 Å². The molecule has 0 radical (unpaired) electrons. The van der Waals surface area contributed by atoms with Gasteiger partial charge in [0.2, 0.25) is 0 Å². The molecule has 27 heavy (non-hydrogen) atoms. The van der Waals surface area contributed by atoms with Gasteiger partial charge in [0.1, 0.15) is 12.4 Å². The third kappa shape index (κ3) is 5.23. The highest BCUT2D eigenvalue weighted by atomic mass is 16.5. The molecule has 2 aromatic rings. The van der Waals surface area contributed by atoms with Crippen molar-refractivity contribution >= 4 is 0 Å². The van der Waals surface area contributed by atoms with Crippen LogP contribution in [0.25, 0.3) is 0 Å². The molecular formula is C21H31N3O3. The molecule has 1 saturated heterocycles. The summed E-state index contributed by atoms with van der Waals surface area (Å²) < 4.78 is 16.7. The van der Waals surface area contributed by atoms with E-state index in [2.05, 4.69) is 28.5 Å². The predicted molar refractivity (Wildman–Crippen MR) is 105 cm³/mol. The summed E-state index contributed by atoms with van der Waals surface area (Å²) >= 11 is 0. The summed E-state index contributed by atoms with van der Waals surface area (Å²) in [4.78, 5) is 2.42. The van der Waals surface area contributed by atoms with Crippen LogP contribution in [0.2, 0.25) is 0 Å². The van der Waals surface area contributed by atoms with Crippen LogP contribution in [0.1, 0.15) is 35.4 Å². The van der Waals surface area contributed by atoms with Crippen molar-refractivity contribution < 1.29 is 14.0 Å². The molecule has 0 amide bonds. The number of hydrogen-bond acceptors (Lipinski definition) is 6. The fourth-order valence-corrected chi connectivity index (χ4v) is 3.66. The summed E-state index contributed by atoms with van der Waals surface area (Å²) in [5.74, 6) is 3.01. The molecule has 1 atom stereocenters. The summed E-state index contributed by atoms with van der Waals surface area (Å²) in [6.07, 6.45) is 2.61. The molecule has 1 fully saturated rings. The van der Waals surface area contributed by atoms with Gasteiger partial charge in [0.05, 0.1) is 18.4 Å². The maximum absolute atomic E-state index is 5.95. The zero-order chi connectivity index (χ0) is 19.2. The molecule has 0 bridgehead atoms. The minimum atomic E-state index is 0.421. The van der Waals surface area contributed by atoms with E-state index in [-0.39, 0.29) is 0 Å². The number of likely N-dealkylation sites (tertiary alicyclic amines) is 1. The largest absolute Gasteiger partial charge is 0.493 e. The Morgan fingerprint density at radius 1 is 1.30 bits per heavy atom. The average Bonchev–Trinajstić information content (AvgIpc) is 2.98. The first-order valence-corrected chi connectivity index (χ1v) is 9.67. The van der Waals surface area contributed by atoms with Crippen molar-refractivity contribution in [1.29, 1.82) is 0 Å². The number of aromatic nitrogens is 1. The van der Waals surface area contributed by atoms with Crippen LogP contribution >= 0.6 is 0 Å². The zero-order valence-electron chi connectivity index (χ0n) is 16.9. The Bertz CT molecular complexity index is 725. The molecule has 1 unspecified atom stereocenters. The highest BCUT2D eigenvalue weighted by molar-refractivity contribution is 5.43.